The lowest BCUT2D eigenvalue weighted by Crippen LogP contribution is -2.47. The summed E-state index contributed by atoms with van der Waals surface area (Å²) >= 11 is 0. The van der Waals surface area contributed by atoms with E-state index in [9.17, 15) is 13.2 Å². The molecule has 138 valence electrons. The Balaban J connectivity index is 1.75. The number of carbonyl (C=O) groups excluding carboxylic acids is 1. The molecular weight excluding hydrogens is 340 g/mol. The van der Waals surface area contributed by atoms with Gasteiger partial charge >= 0.3 is 0 Å². The Morgan fingerprint density at radius 3 is 2.44 bits per heavy atom. The van der Waals surface area contributed by atoms with Gasteiger partial charge in [-0.2, -0.15) is 4.31 Å². The van der Waals surface area contributed by atoms with E-state index < -0.39 is 10.0 Å². The Kier molecular flexibility index (Phi) is 5.18. The average Bonchev–Trinajstić information content (AvgIpc) is 2.95. The van der Waals surface area contributed by atoms with Crippen LogP contribution >= 0.6 is 0 Å². The van der Waals surface area contributed by atoms with Gasteiger partial charge in [0.15, 0.2) is 0 Å². The number of amides is 1. The van der Waals surface area contributed by atoms with Crippen molar-refractivity contribution in [1.29, 1.82) is 0 Å². The molecule has 6 nitrogen and oxygen atoms in total. The number of benzene rings is 1. The molecule has 0 aromatic heterocycles. The number of methoxy groups -OCH3 is 1. The van der Waals surface area contributed by atoms with Gasteiger partial charge in [-0.15, -0.1) is 0 Å². The summed E-state index contributed by atoms with van der Waals surface area (Å²) in [4.78, 5) is 14.0. The summed E-state index contributed by atoms with van der Waals surface area (Å²) in [6.45, 7) is 4.59. The number of nitrogens with zero attached hydrogens (tertiary/aromatic N) is 2. The number of ether oxygens (including phenoxy) is 1. The molecule has 2 heterocycles. The third-order valence-electron chi connectivity index (χ3n) is 5.72. The first-order valence-corrected chi connectivity index (χ1v) is 10.1. The van der Waals surface area contributed by atoms with E-state index in [1.165, 1.54) is 0 Å². The van der Waals surface area contributed by atoms with Crippen LogP contribution in [0.1, 0.15) is 19.8 Å². The standard InChI is InChI=1S/C18H26N2O4S/c1-15(21)19-12-16(13-24-2)18(14-19)8-10-20(11-9-18)25(22,23)17-6-4-3-5-7-17/h3-7,16H,8-14H2,1-2H3. The minimum Gasteiger partial charge on any atom is -0.384 e. The molecule has 1 aromatic carbocycles. The van der Waals surface area contributed by atoms with Gasteiger partial charge in [0.1, 0.15) is 0 Å². The minimum atomic E-state index is -3.45. The summed E-state index contributed by atoms with van der Waals surface area (Å²) in [5.74, 6) is 0.347. The molecule has 1 amide bonds. The number of hydrogen-bond donors (Lipinski definition) is 0. The van der Waals surface area contributed by atoms with Crippen LogP contribution in [0, 0.1) is 11.3 Å². The molecule has 25 heavy (non-hydrogen) atoms. The van der Waals surface area contributed by atoms with E-state index in [4.69, 9.17) is 4.74 Å². The highest BCUT2D eigenvalue weighted by Gasteiger charge is 2.49. The predicted octanol–water partition coefficient (Wildman–Crippen LogP) is 1.58. The minimum absolute atomic E-state index is 0.0373. The molecular formula is C18H26N2O4S. The number of piperidine rings is 1. The molecule has 0 N–H and O–H groups in total. The van der Waals surface area contributed by atoms with Crippen molar-refractivity contribution in [2.75, 3.05) is 39.9 Å². The lowest BCUT2D eigenvalue weighted by atomic mass is 9.71. The van der Waals surface area contributed by atoms with Crippen LogP contribution < -0.4 is 0 Å². The van der Waals surface area contributed by atoms with Crippen molar-refractivity contribution in [2.45, 2.75) is 24.7 Å². The van der Waals surface area contributed by atoms with Crippen LogP contribution in [0.4, 0.5) is 0 Å². The monoisotopic (exact) mass is 366 g/mol. The van der Waals surface area contributed by atoms with Crippen LogP contribution in [0.2, 0.25) is 0 Å². The van der Waals surface area contributed by atoms with Gasteiger partial charge in [-0.25, -0.2) is 8.42 Å². The average molecular weight is 366 g/mol. The van der Waals surface area contributed by atoms with Crippen LogP contribution in [0.25, 0.3) is 0 Å². The Hall–Kier alpha value is -1.44. The Morgan fingerprint density at radius 1 is 1.24 bits per heavy atom. The number of sulfonamides is 1. The van der Waals surface area contributed by atoms with Gasteiger partial charge < -0.3 is 9.64 Å². The zero-order chi connectivity index (χ0) is 18.1. The van der Waals surface area contributed by atoms with Crippen LogP contribution in [0.3, 0.4) is 0 Å². The van der Waals surface area contributed by atoms with E-state index in [1.54, 1.807) is 42.6 Å². The van der Waals surface area contributed by atoms with Crippen LogP contribution in [0.15, 0.2) is 35.2 Å². The van der Waals surface area contributed by atoms with Crippen molar-refractivity contribution in [3.8, 4) is 0 Å². The van der Waals surface area contributed by atoms with Gasteiger partial charge in [0.05, 0.1) is 11.5 Å². The number of hydrogen-bond acceptors (Lipinski definition) is 4. The van der Waals surface area contributed by atoms with Crippen molar-refractivity contribution in [3.63, 3.8) is 0 Å². The van der Waals surface area contributed by atoms with E-state index in [0.29, 0.717) is 37.7 Å². The molecule has 0 bridgehead atoms. The van der Waals surface area contributed by atoms with Crippen LogP contribution in [0.5, 0.6) is 0 Å². The zero-order valence-electron chi connectivity index (χ0n) is 14.8. The first-order chi connectivity index (χ1) is 11.9. The lowest BCUT2D eigenvalue weighted by molar-refractivity contribution is -0.128. The lowest BCUT2D eigenvalue weighted by Gasteiger charge is -2.41. The summed E-state index contributed by atoms with van der Waals surface area (Å²) in [6.07, 6.45) is 1.52. The molecule has 0 aliphatic carbocycles. The normalized spacial score (nSPS) is 23.9. The molecule has 1 aromatic rings. The van der Waals surface area contributed by atoms with Gasteiger partial charge in [-0.05, 0) is 30.4 Å². The first-order valence-electron chi connectivity index (χ1n) is 8.69. The third kappa shape index (κ3) is 3.45. The highest BCUT2D eigenvalue weighted by atomic mass is 32.2. The van der Waals surface area contributed by atoms with Crippen molar-refractivity contribution < 1.29 is 17.9 Å². The summed E-state index contributed by atoms with van der Waals surface area (Å²) in [6, 6.07) is 8.58. The second kappa shape index (κ2) is 7.05. The van der Waals surface area contributed by atoms with Crippen molar-refractivity contribution >= 4 is 15.9 Å². The second-order valence-electron chi connectivity index (χ2n) is 7.13. The molecule has 2 aliphatic rings. The summed E-state index contributed by atoms with van der Waals surface area (Å²) in [5.41, 5.74) is -0.0373. The van der Waals surface area contributed by atoms with E-state index in [0.717, 1.165) is 12.8 Å². The maximum absolute atomic E-state index is 12.8. The first kappa shape index (κ1) is 18.4. The molecule has 1 atom stereocenters. The quantitative estimate of drug-likeness (QED) is 0.811. The fourth-order valence-corrected chi connectivity index (χ4v) is 5.65. The zero-order valence-corrected chi connectivity index (χ0v) is 15.7. The third-order valence-corrected chi connectivity index (χ3v) is 7.64. The summed E-state index contributed by atoms with van der Waals surface area (Å²) < 4.78 is 32.6. The highest BCUT2D eigenvalue weighted by molar-refractivity contribution is 7.89. The van der Waals surface area contributed by atoms with Gasteiger partial charge in [0.2, 0.25) is 15.9 Å². The second-order valence-corrected chi connectivity index (χ2v) is 9.07. The fraction of sp³-hybridized carbons (Fsp3) is 0.611. The van der Waals surface area contributed by atoms with Crippen LogP contribution in [-0.4, -0.2) is 63.4 Å². The number of likely N-dealkylation sites (tertiary alicyclic amines) is 1. The van der Waals surface area contributed by atoms with E-state index in [2.05, 4.69) is 0 Å². The number of carbonyl (C=O) groups is 1. The van der Waals surface area contributed by atoms with Gasteiger partial charge in [0, 0.05) is 46.1 Å². The molecule has 1 unspecified atom stereocenters. The molecule has 2 aliphatic heterocycles. The maximum atomic E-state index is 12.8. The van der Waals surface area contributed by atoms with E-state index in [1.807, 2.05) is 11.0 Å². The summed E-state index contributed by atoms with van der Waals surface area (Å²) in [5, 5.41) is 0. The van der Waals surface area contributed by atoms with E-state index in [-0.39, 0.29) is 17.2 Å². The molecule has 1 spiro atoms. The Morgan fingerprint density at radius 2 is 1.88 bits per heavy atom. The molecule has 7 heteroatoms. The molecule has 0 saturated carbocycles. The summed E-state index contributed by atoms with van der Waals surface area (Å²) in [7, 11) is -1.77. The highest BCUT2D eigenvalue weighted by Crippen LogP contribution is 2.45. The number of rotatable bonds is 4. The van der Waals surface area contributed by atoms with Crippen molar-refractivity contribution in [1.82, 2.24) is 9.21 Å². The smallest absolute Gasteiger partial charge is 0.243 e. The maximum Gasteiger partial charge on any atom is 0.243 e. The fourth-order valence-electron chi connectivity index (χ4n) is 4.18. The molecule has 0 radical (unpaired) electrons. The van der Waals surface area contributed by atoms with Gasteiger partial charge in [-0.3, -0.25) is 4.79 Å². The molecule has 2 fully saturated rings. The molecule has 3 rings (SSSR count). The predicted molar refractivity (Wildman–Crippen MR) is 94.5 cm³/mol. The SMILES string of the molecule is COCC1CN(C(C)=O)CC12CCN(S(=O)(=O)c1ccccc1)CC2. The van der Waals surface area contributed by atoms with Crippen LogP contribution in [-0.2, 0) is 19.6 Å². The topological polar surface area (TPSA) is 66.9 Å². The Bertz CT molecular complexity index is 712. The molecule has 2 saturated heterocycles. The van der Waals surface area contributed by atoms with Gasteiger partial charge in [0.25, 0.3) is 0 Å². The largest absolute Gasteiger partial charge is 0.384 e. The van der Waals surface area contributed by atoms with Crippen molar-refractivity contribution in [3.05, 3.63) is 30.3 Å². The van der Waals surface area contributed by atoms with Gasteiger partial charge in [-0.1, -0.05) is 18.2 Å². The Labute approximate surface area is 149 Å². The van der Waals surface area contributed by atoms with Crippen molar-refractivity contribution in [2.24, 2.45) is 11.3 Å². The van der Waals surface area contributed by atoms with E-state index >= 15 is 0 Å².